The van der Waals surface area contributed by atoms with Crippen molar-refractivity contribution < 1.29 is 22.7 Å². The lowest BCUT2D eigenvalue weighted by Crippen LogP contribution is -2.39. The first-order valence-corrected chi connectivity index (χ1v) is 12.0. The zero-order valence-electron chi connectivity index (χ0n) is 18.4. The highest BCUT2D eigenvalue weighted by Gasteiger charge is 2.46. The van der Waals surface area contributed by atoms with Crippen molar-refractivity contribution in [2.45, 2.75) is 23.3 Å². The van der Waals surface area contributed by atoms with Crippen molar-refractivity contribution in [3.8, 4) is 11.5 Å². The lowest BCUT2D eigenvalue weighted by molar-refractivity contribution is -0.124. The number of hydrogen-bond acceptors (Lipinski definition) is 5. The Morgan fingerprint density at radius 1 is 0.848 bits per heavy atom. The number of methoxy groups -OCH3 is 2. The maximum atomic E-state index is 13.5. The Morgan fingerprint density at radius 2 is 1.45 bits per heavy atom. The summed E-state index contributed by atoms with van der Waals surface area (Å²) >= 11 is 0. The van der Waals surface area contributed by atoms with Crippen LogP contribution in [0.15, 0.2) is 89.8 Å². The zero-order chi connectivity index (χ0) is 23.4. The van der Waals surface area contributed by atoms with Gasteiger partial charge in [-0.05, 0) is 24.3 Å². The highest BCUT2D eigenvalue weighted by atomic mass is 32.2. The third-order valence-corrected chi connectivity index (χ3v) is 7.61. The summed E-state index contributed by atoms with van der Waals surface area (Å²) < 4.78 is 39.0. The Kier molecular flexibility index (Phi) is 6.51. The molecule has 0 aromatic heterocycles. The van der Waals surface area contributed by atoms with Crippen molar-refractivity contribution in [3.63, 3.8) is 0 Å². The van der Waals surface area contributed by atoms with Gasteiger partial charge in [-0.1, -0.05) is 66.7 Å². The fourth-order valence-corrected chi connectivity index (χ4v) is 5.82. The number of para-hydroxylation sites is 2. The molecule has 3 aromatic carbocycles. The average molecular weight is 464 g/mol. The van der Waals surface area contributed by atoms with Gasteiger partial charge in [0.1, 0.15) is 11.5 Å². The van der Waals surface area contributed by atoms with E-state index in [-0.39, 0.29) is 11.3 Å². The second kappa shape index (κ2) is 9.50. The third-order valence-electron chi connectivity index (χ3n) is 5.77. The Balaban J connectivity index is 1.83. The second-order valence-corrected chi connectivity index (χ2v) is 9.47. The predicted octanol–water partition coefficient (Wildman–Crippen LogP) is 4.49. The summed E-state index contributed by atoms with van der Waals surface area (Å²) in [5.41, 5.74) is 1.57. The summed E-state index contributed by atoms with van der Waals surface area (Å²) in [6, 6.07) is 22.1. The molecular formula is C26H25NO5S. The third kappa shape index (κ3) is 4.36. The number of sulfonamides is 1. The van der Waals surface area contributed by atoms with Gasteiger partial charge in [-0.2, -0.15) is 0 Å². The number of ether oxygens (including phenoxy) is 2. The lowest BCUT2D eigenvalue weighted by atomic mass is 9.90. The quantitative estimate of drug-likeness (QED) is 0.516. The number of carbonyl (C=O) groups is 1. The van der Waals surface area contributed by atoms with Crippen molar-refractivity contribution in [3.05, 3.63) is 96.1 Å². The predicted molar refractivity (Wildman–Crippen MR) is 127 cm³/mol. The van der Waals surface area contributed by atoms with E-state index in [1.807, 2.05) is 48.5 Å². The van der Waals surface area contributed by atoms with Gasteiger partial charge in [0, 0.05) is 23.5 Å². The Bertz CT molecular complexity index is 1270. The highest BCUT2D eigenvalue weighted by Crippen LogP contribution is 2.42. The van der Waals surface area contributed by atoms with Gasteiger partial charge in [0.05, 0.1) is 25.2 Å². The summed E-state index contributed by atoms with van der Waals surface area (Å²) in [7, 11) is -0.915. The van der Waals surface area contributed by atoms with Crippen LogP contribution in [0.4, 0.5) is 0 Å². The van der Waals surface area contributed by atoms with Gasteiger partial charge in [-0.3, -0.25) is 4.79 Å². The molecule has 1 aliphatic heterocycles. The molecule has 2 atom stereocenters. The number of carbonyl (C=O) groups excluding carboxylic acids is 1. The van der Waals surface area contributed by atoms with Crippen LogP contribution < -0.4 is 9.47 Å². The first kappa shape index (κ1) is 22.6. The van der Waals surface area contributed by atoms with Crippen LogP contribution in [0.3, 0.4) is 0 Å². The minimum atomic E-state index is -4.06. The molecular weight excluding hydrogens is 438 g/mol. The van der Waals surface area contributed by atoms with E-state index in [4.69, 9.17) is 9.47 Å². The van der Waals surface area contributed by atoms with E-state index in [0.717, 1.165) is 15.4 Å². The van der Waals surface area contributed by atoms with Gasteiger partial charge in [-0.15, -0.1) is 0 Å². The molecule has 0 unspecified atom stereocenters. The van der Waals surface area contributed by atoms with Crippen LogP contribution in [0.5, 0.6) is 11.5 Å². The Hall–Kier alpha value is -3.58. The van der Waals surface area contributed by atoms with E-state index >= 15 is 0 Å². The molecule has 4 rings (SSSR count). The molecule has 0 saturated carbocycles. The molecule has 170 valence electrons. The molecule has 1 aliphatic rings. The minimum Gasteiger partial charge on any atom is -0.496 e. The number of benzene rings is 3. The largest absolute Gasteiger partial charge is 0.496 e. The van der Waals surface area contributed by atoms with Crippen LogP contribution in [-0.4, -0.2) is 38.9 Å². The Morgan fingerprint density at radius 3 is 2.15 bits per heavy atom. The van der Waals surface area contributed by atoms with E-state index < -0.39 is 27.9 Å². The average Bonchev–Trinajstić information content (AvgIpc) is 3.19. The van der Waals surface area contributed by atoms with Crippen LogP contribution in [-0.2, 0) is 14.8 Å². The summed E-state index contributed by atoms with van der Waals surface area (Å²) in [5.74, 6) is 0.414. The lowest BCUT2D eigenvalue weighted by Gasteiger charge is -2.26. The normalized spacial score (nSPS) is 18.6. The first-order chi connectivity index (χ1) is 16.0. The Labute approximate surface area is 194 Å². The number of nitrogens with zero attached hydrogens (tertiary/aromatic N) is 1. The van der Waals surface area contributed by atoms with Gasteiger partial charge < -0.3 is 9.47 Å². The number of hydrogen-bond donors (Lipinski definition) is 0. The number of amides is 1. The summed E-state index contributed by atoms with van der Waals surface area (Å²) in [6.07, 6.45) is 3.62. The first-order valence-electron chi connectivity index (χ1n) is 10.5. The van der Waals surface area contributed by atoms with Crippen LogP contribution in [0.2, 0.25) is 0 Å². The van der Waals surface area contributed by atoms with Crippen molar-refractivity contribution >= 4 is 22.0 Å². The molecule has 0 aliphatic carbocycles. The molecule has 6 nitrogen and oxygen atoms in total. The maximum absolute atomic E-state index is 13.5. The van der Waals surface area contributed by atoms with Crippen molar-refractivity contribution in [2.75, 3.05) is 14.2 Å². The van der Waals surface area contributed by atoms with E-state index in [1.165, 1.54) is 12.1 Å². The summed E-state index contributed by atoms with van der Waals surface area (Å²) in [6.45, 7) is 0. The molecule has 33 heavy (non-hydrogen) atoms. The van der Waals surface area contributed by atoms with Crippen LogP contribution in [0.1, 0.15) is 23.5 Å². The molecule has 1 heterocycles. The van der Waals surface area contributed by atoms with E-state index in [0.29, 0.717) is 11.5 Å². The fourth-order valence-electron chi connectivity index (χ4n) is 4.21. The molecule has 0 bridgehead atoms. The molecule has 1 amide bonds. The van der Waals surface area contributed by atoms with Crippen molar-refractivity contribution in [1.29, 1.82) is 0 Å². The monoisotopic (exact) mass is 463 g/mol. The second-order valence-electron chi connectivity index (χ2n) is 7.65. The minimum absolute atomic E-state index is 0.0490. The van der Waals surface area contributed by atoms with Gasteiger partial charge in [0.25, 0.3) is 10.0 Å². The molecule has 3 aromatic rings. The van der Waals surface area contributed by atoms with Crippen molar-refractivity contribution in [1.82, 2.24) is 4.31 Å². The van der Waals surface area contributed by atoms with Gasteiger partial charge in [0.15, 0.2) is 0 Å². The highest BCUT2D eigenvalue weighted by molar-refractivity contribution is 7.89. The van der Waals surface area contributed by atoms with E-state index in [2.05, 4.69) is 0 Å². The maximum Gasteiger partial charge on any atom is 0.267 e. The fraction of sp³-hybridized carbons (Fsp3) is 0.192. The van der Waals surface area contributed by atoms with E-state index in [9.17, 15) is 13.2 Å². The summed E-state index contributed by atoms with van der Waals surface area (Å²) in [4.78, 5) is 13.2. The number of rotatable bonds is 7. The topological polar surface area (TPSA) is 72.9 Å². The van der Waals surface area contributed by atoms with Crippen LogP contribution >= 0.6 is 0 Å². The van der Waals surface area contributed by atoms with Gasteiger partial charge >= 0.3 is 0 Å². The van der Waals surface area contributed by atoms with Gasteiger partial charge in [-0.25, -0.2) is 12.7 Å². The standard InChI is InChI=1S/C26H25NO5S/c1-31-24-14-8-6-10-19(24)16-17-23-22(21-13-7-9-15-25(21)32-2)18-26(28)27(23)33(29,30)20-11-4-3-5-12-20/h3-17,22-23H,18H2,1-2H3/b17-16+/t22-,23+/m1/s1. The molecule has 0 spiro atoms. The molecule has 1 saturated heterocycles. The SMILES string of the molecule is COc1ccccc1/C=C/[C@H]1[C@@H](c2ccccc2OC)CC(=O)N1S(=O)(=O)c1ccccc1. The summed E-state index contributed by atoms with van der Waals surface area (Å²) in [5, 5.41) is 0. The zero-order valence-corrected chi connectivity index (χ0v) is 19.2. The van der Waals surface area contributed by atoms with E-state index in [1.54, 1.807) is 44.6 Å². The van der Waals surface area contributed by atoms with Gasteiger partial charge in [0.2, 0.25) is 5.91 Å². The molecule has 0 radical (unpaired) electrons. The van der Waals surface area contributed by atoms with Crippen molar-refractivity contribution in [2.24, 2.45) is 0 Å². The molecule has 1 fully saturated rings. The van der Waals surface area contributed by atoms with Crippen LogP contribution in [0, 0.1) is 0 Å². The molecule has 0 N–H and O–H groups in total. The smallest absolute Gasteiger partial charge is 0.267 e. The molecule has 7 heteroatoms. The van der Waals surface area contributed by atoms with Crippen LogP contribution in [0.25, 0.3) is 6.08 Å².